The second-order valence-corrected chi connectivity index (χ2v) is 5.23. The van der Waals surface area contributed by atoms with Crippen molar-refractivity contribution in [3.63, 3.8) is 0 Å². The predicted molar refractivity (Wildman–Crippen MR) is 71.2 cm³/mol. The summed E-state index contributed by atoms with van der Waals surface area (Å²) >= 11 is 0. The SMILES string of the molecule is Cc1ccc2c(c1)C(NC(C)CCCO)CC2. The molecule has 0 saturated carbocycles. The molecule has 0 fully saturated rings. The molecular formula is C15H23NO. The normalized spacial score (nSPS) is 20.3. The summed E-state index contributed by atoms with van der Waals surface area (Å²) in [6.45, 7) is 4.67. The van der Waals surface area contributed by atoms with Gasteiger partial charge in [0.1, 0.15) is 0 Å². The van der Waals surface area contributed by atoms with Crippen LogP contribution in [0.15, 0.2) is 18.2 Å². The van der Waals surface area contributed by atoms with E-state index in [2.05, 4.69) is 37.4 Å². The van der Waals surface area contributed by atoms with E-state index in [1.54, 1.807) is 0 Å². The van der Waals surface area contributed by atoms with Crippen LogP contribution in [-0.2, 0) is 6.42 Å². The number of hydrogen-bond acceptors (Lipinski definition) is 2. The maximum Gasteiger partial charge on any atom is 0.0431 e. The van der Waals surface area contributed by atoms with Crippen molar-refractivity contribution in [3.05, 3.63) is 34.9 Å². The Kier molecular flexibility index (Phi) is 4.19. The third-order valence-corrected chi connectivity index (χ3v) is 3.66. The molecule has 1 aliphatic rings. The summed E-state index contributed by atoms with van der Waals surface area (Å²) in [5.41, 5.74) is 4.34. The Morgan fingerprint density at radius 3 is 3.06 bits per heavy atom. The molecule has 0 heterocycles. The second-order valence-electron chi connectivity index (χ2n) is 5.23. The minimum atomic E-state index is 0.298. The van der Waals surface area contributed by atoms with E-state index in [-0.39, 0.29) is 0 Å². The fourth-order valence-electron chi connectivity index (χ4n) is 2.72. The quantitative estimate of drug-likeness (QED) is 0.819. The van der Waals surface area contributed by atoms with Crippen molar-refractivity contribution in [1.29, 1.82) is 0 Å². The summed E-state index contributed by atoms with van der Waals surface area (Å²) in [5.74, 6) is 0. The van der Waals surface area contributed by atoms with Crippen LogP contribution in [0.1, 0.15) is 48.9 Å². The molecule has 0 aromatic heterocycles. The van der Waals surface area contributed by atoms with Gasteiger partial charge in [-0.15, -0.1) is 0 Å². The fourth-order valence-corrected chi connectivity index (χ4v) is 2.72. The van der Waals surface area contributed by atoms with Gasteiger partial charge >= 0.3 is 0 Å². The standard InChI is InChI=1S/C15H23NO/c1-11-5-6-13-7-8-15(14(13)10-11)16-12(2)4-3-9-17/h5-6,10,12,15-17H,3-4,7-9H2,1-2H3. The Bertz CT molecular complexity index is 375. The van der Waals surface area contributed by atoms with Gasteiger partial charge in [-0.05, 0) is 50.7 Å². The maximum atomic E-state index is 8.84. The van der Waals surface area contributed by atoms with Crippen LogP contribution in [0.2, 0.25) is 0 Å². The van der Waals surface area contributed by atoms with E-state index in [0.29, 0.717) is 18.7 Å². The molecule has 2 unspecified atom stereocenters. The van der Waals surface area contributed by atoms with Crippen LogP contribution in [0.5, 0.6) is 0 Å². The number of fused-ring (bicyclic) bond motifs is 1. The summed E-state index contributed by atoms with van der Waals surface area (Å²) < 4.78 is 0. The van der Waals surface area contributed by atoms with Crippen LogP contribution in [0, 0.1) is 6.92 Å². The van der Waals surface area contributed by atoms with Crippen LogP contribution in [0.25, 0.3) is 0 Å². The molecule has 2 atom stereocenters. The molecule has 17 heavy (non-hydrogen) atoms. The number of rotatable bonds is 5. The van der Waals surface area contributed by atoms with Gasteiger partial charge in [0.15, 0.2) is 0 Å². The molecule has 0 spiro atoms. The summed E-state index contributed by atoms with van der Waals surface area (Å²) in [7, 11) is 0. The predicted octanol–water partition coefficient (Wildman–Crippen LogP) is 2.73. The molecule has 1 aromatic rings. The number of aryl methyl sites for hydroxylation is 2. The van der Waals surface area contributed by atoms with Crippen molar-refractivity contribution in [3.8, 4) is 0 Å². The zero-order chi connectivity index (χ0) is 12.3. The first kappa shape index (κ1) is 12.6. The lowest BCUT2D eigenvalue weighted by atomic mass is 10.0. The van der Waals surface area contributed by atoms with Gasteiger partial charge in [-0.25, -0.2) is 0 Å². The van der Waals surface area contributed by atoms with Gasteiger partial charge in [0.05, 0.1) is 0 Å². The average Bonchev–Trinajstić information content (AvgIpc) is 2.69. The summed E-state index contributed by atoms with van der Waals surface area (Å²) in [6.07, 6.45) is 4.35. The molecule has 2 rings (SSSR count). The second kappa shape index (κ2) is 5.65. The van der Waals surface area contributed by atoms with Crippen molar-refractivity contribution < 1.29 is 5.11 Å². The highest BCUT2D eigenvalue weighted by Crippen LogP contribution is 2.32. The van der Waals surface area contributed by atoms with Crippen LogP contribution in [0.4, 0.5) is 0 Å². The molecule has 0 bridgehead atoms. The Labute approximate surface area is 104 Å². The fraction of sp³-hybridized carbons (Fsp3) is 0.600. The minimum Gasteiger partial charge on any atom is -0.396 e. The van der Waals surface area contributed by atoms with E-state index >= 15 is 0 Å². The Morgan fingerprint density at radius 1 is 1.47 bits per heavy atom. The van der Waals surface area contributed by atoms with Gasteiger partial charge in [-0.2, -0.15) is 0 Å². The monoisotopic (exact) mass is 233 g/mol. The summed E-state index contributed by atoms with van der Waals surface area (Å²) in [6, 6.07) is 7.79. The van der Waals surface area contributed by atoms with E-state index in [1.165, 1.54) is 29.5 Å². The molecular weight excluding hydrogens is 210 g/mol. The Hall–Kier alpha value is -0.860. The largest absolute Gasteiger partial charge is 0.396 e. The Morgan fingerprint density at radius 2 is 2.29 bits per heavy atom. The topological polar surface area (TPSA) is 32.3 Å². The van der Waals surface area contributed by atoms with E-state index in [4.69, 9.17) is 5.11 Å². The average molecular weight is 233 g/mol. The van der Waals surface area contributed by atoms with E-state index < -0.39 is 0 Å². The van der Waals surface area contributed by atoms with Crippen molar-refractivity contribution in [1.82, 2.24) is 5.32 Å². The number of hydrogen-bond donors (Lipinski definition) is 2. The molecule has 2 heteroatoms. The van der Waals surface area contributed by atoms with Gasteiger partial charge in [-0.3, -0.25) is 0 Å². The number of aliphatic hydroxyl groups is 1. The zero-order valence-electron chi connectivity index (χ0n) is 10.9. The highest BCUT2D eigenvalue weighted by molar-refractivity contribution is 5.37. The first-order valence-corrected chi connectivity index (χ1v) is 6.67. The molecule has 1 aromatic carbocycles. The van der Waals surface area contributed by atoms with Crippen LogP contribution in [0.3, 0.4) is 0 Å². The zero-order valence-corrected chi connectivity index (χ0v) is 10.9. The molecule has 0 amide bonds. The van der Waals surface area contributed by atoms with Crippen LogP contribution < -0.4 is 5.32 Å². The van der Waals surface area contributed by atoms with Crippen LogP contribution in [-0.4, -0.2) is 17.8 Å². The first-order chi connectivity index (χ1) is 8.20. The van der Waals surface area contributed by atoms with E-state index in [1.807, 2.05) is 0 Å². The summed E-state index contributed by atoms with van der Waals surface area (Å²) in [5, 5.41) is 12.5. The molecule has 2 N–H and O–H groups in total. The molecule has 1 aliphatic carbocycles. The lowest BCUT2D eigenvalue weighted by Crippen LogP contribution is -2.29. The van der Waals surface area contributed by atoms with E-state index in [0.717, 1.165) is 12.8 Å². The third kappa shape index (κ3) is 3.08. The molecule has 0 radical (unpaired) electrons. The molecule has 94 valence electrons. The maximum absolute atomic E-state index is 8.84. The van der Waals surface area contributed by atoms with Crippen molar-refractivity contribution in [2.24, 2.45) is 0 Å². The van der Waals surface area contributed by atoms with Gasteiger partial charge < -0.3 is 10.4 Å². The van der Waals surface area contributed by atoms with Crippen molar-refractivity contribution in [2.45, 2.75) is 51.6 Å². The lowest BCUT2D eigenvalue weighted by Gasteiger charge is -2.20. The lowest BCUT2D eigenvalue weighted by molar-refractivity contribution is 0.273. The van der Waals surface area contributed by atoms with Gasteiger partial charge in [0.2, 0.25) is 0 Å². The van der Waals surface area contributed by atoms with Gasteiger partial charge in [-0.1, -0.05) is 23.8 Å². The minimum absolute atomic E-state index is 0.298. The molecule has 0 saturated heterocycles. The number of benzene rings is 1. The third-order valence-electron chi connectivity index (χ3n) is 3.66. The van der Waals surface area contributed by atoms with Gasteiger partial charge in [0.25, 0.3) is 0 Å². The Balaban J connectivity index is 1.99. The number of aliphatic hydroxyl groups excluding tert-OH is 1. The van der Waals surface area contributed by atoms with Crippen LogP contribution >= 0.6 is 0 Å². The highest BCUT2D eigenvalue weighted by Gasteiger charge is 2.23. The van der Waals surface area contributed by atoms with Gasteiger partial charge in [0, 0.05) is 18.7 Å². The van der Waals surface area contributed by atoms with Crippen molar-refractivity contribution in [2.75, 3.05) is 6.61 Å². The molecule has 2 nitrogen and oxygen atoms in total. The van der Waals surface area contributed by atoms with E-state index in [9.17, 15) is 0 Å². The first-order valence-electron chi connectivity index (χ1n) is 6.67. The highest BCUT2D eigenvalue weighted by atomic mass is 16.2. The summed E-state index contributed by atoms with van der Waals surface area (Å²) in [4.78, 5) is 0. The molecule has 0 aliphatic heterocycles. The van der Waals surface area contributed by atoms with Crippen molar-refractivity contribution >= 4 is 0 Å². The number of nitrogens with one attached hydrogen (secondary N) is 1. The smallest absolute Gasteiger partial charge is 0.0431 e.